The van der Waals surface area contributed by atoms with E-state index in [2.05, 4.69) is 24.4 Å². The number of hydrogen-bond donors (Lipinski definition) is 1. The van der Waals surface area contributed by atoms with Gasteiger partial charge in [-0.1, -0.05) is 41.4 Å². The minimum atomic E-state index is -0.125. The van der Waals surface area contributed by atoms with E-state index >= 15 is 0 Å². The molecule has 2 aromatic rings. The molecule has 110 valence electrons. The molecule has 21 heavy (non-hydrogen) atoms. The second kappa shape index (κ2) is 7.53. The number of carbonyl (C=O) groups excluding carboxylic acids is 1. The molecule has 0 bridgehead atoms. The van der Waals surface area contributed by atoms with Crippen molar-refractivity contribution in [3.63, 3.8) is 0 Å². The maximum atomic E-state index is 12.1. The van der Waals surface area contributed by atoms with Crippen LogP contribution < -0.4 is 5.32 Å². The maximum Gasteiger partial charge on any atom is 0.233 e. The lowest BCUT2D eigenvalue weighted by molar-refractivity contribution is -0.120. The van der Waals surface area contributed by atoms with E-state index in [1.165, 1.54) is 5.56 Å². The number of benzene rings is 2. The predicted molar refractivity (Wildman–Crippen MR) is 89.8 cm³/mol. The van der Waals surface area contributed by atoms with Gasteiger partial charge >= 0.3 is 0 Å². The fraction of sp³-hybridized carbons (Fsp3) is 0.235. The summed E-state index contributed by atoms with van der Waals surface area (Å²) in [6.45, 7) is 4.49. The van der Waals surface area contributed by atoms with Crippen LogP contribution >= 0.6 is 23.4 Å². The van der Waals surface area contributed by atoms with E-state index in [1.807, 2.05) is 43.3 Å². The molecule has 0 aromatic heterocycles. The van der Waals surface area contributed by atoms with Crippen molar-refractivity contribution in [1.29, 1.82) is 0 Å². The SMILES string of the molecule is Cc1ccc(S[C@H](C)C(=O)NCc2ccc(Cl)cc2)cc1. The highest BCUT2D eigenvalue weighted by Crippen LogP contribution is 2.23. The average molecular weight is 320 g/mol. The molecule has 0 aliphatic heterocycles. The van der Waals surface area contributed by atoms with Crippen molar-refractivity contribution in [2.45, 2.75) is 30.5 Å². The molecule has 0 aliphatic rings. The van der Waals surface area contributed by atoms with Gasteiger partial charge in [-0.2, -0.15) is 0 Å². The summed E-state index contributed by atoms with van der Waals surface area (Å²) in [6, 6.07) is 15.7. The monoisotopic (exact) mass is 319 g/mol. The maximum absolute atomic E-state index is 12.1. The molecule has 0 aliphatic carbocycles. The minimum Gasteiger partial charge on any atom is -0.351 e. The zero-order valence-corrected chi connectivity index (χ0v) is 13.7. The van der Waals surface area contributed by atoms with E-state index in [-0.39, 0.29) is 11.2 Å². The number of halogens is 1. The minimum absolute atomic E-state index is 0.0375. The fourth-order valence-corrected chi connectivity index (χ4v) is 2.83. The van der Waals surface area contributed by atoms with E-state index < -0.39 is 0 Å². The number of carbonyl (C=O) groups is 1. The molecule has 2 aromatic carbocycles. The third kappa shape index (κ3) is 5.10. The summed E-state index contributed by atoms with van der Waals surface area (Å²) in [6.07, 6.45) is 0. The van der Waals surface area contributed by atoms with Gasteiger partial charge in [0.25, 0.3) is 0 Å². The molecular formula is C17H18ClNOS. The number of rotatable bonds is 5. The van der Waals surface area contributed by atoms with Crippen molar-refractivity contribution in [1.82, 2.24) is 5.32 Å². The van der Waals surface area contributed by atoms with Crippen LogP contribution in [0.5, 0.6) is 0 Å². The number of hydrogen-bond acceptors (Lipinski definition) is 2. The van der Waals surface area contributed by atoms with E-state index in [4.69, 9.17) is 11.6 Å². The highest BCUT2D eigenvalue weighted by atomic mass is 35.5. The molecular weight excluding hydrogens is 302 g/mol. The van der Waals surface area contributed by atoms with Crippen LogP contribution in [0.4, 0.5) is 0 Å². The van der Waals surface area contributed by atoms with E-state index in [0.29, 0.717) is 11.6 Å². The summed E-state index contributed by atoms with van der Waals surface area (Å²) in [5.74, 6) is 0.0375. The molecule has 0 saturated carbocycles. The Morgan fingerprint density at radius 2 is 1.76 bits per heavy atom. The van der Waals surface area contributed by atoms with Crippen LogP contribution in [0.2, 0.25) is 5.02 Å². The molecule has 0 unspecified atom stereocenters. The lowest BCUT2D eigenvalue weighted by atomic mass is 10.2. The van der Waals surface area contributed by atoms with Crippen LogP contribution in [0.3, 0.4) is 0 Å². The van der Waals surface area contributed by atoms with Gasteiger partial charge in [-0.05, 0) is 43.7 Å². The lowest BCUT2D eigenvalue weighted by Crippen LogP contribution is -2.30. The van der Waals surface area contributed by atoms with Crippen LogP contribution in [0.1, 0.15) is 18.1 Å². The Hall–Kier alpha value is -1.45. The summed E-state index contributed by atoms with van der Waals surface area (Å²) < 4.78 is 0. The number of amides is 1. The summed E-state index contributed by atoms with van der Waals surface area (Å²) in [5.41, 5.74) is 2.26. The topological polar surface area (TPSA) is 29.1 Å². The summed E-state index contributed by atoms with van der Waals surface area (Å²) in [7, 11) is 0. The molecule has 0 radical (unpaired) electrons. The van der Waals surface area contributed by atoms with E-state index in [0.717, 1.165) is 10.5 Å². The Morgan fingerprint density at radius 3 is 2.38 bits per heavy atom. The molecule has 0 heterocycles. The highest BCUT2D eigenvalue weighted by molar-refractivity contribution is 8.00. The fourth-order valence-electron chi connectivity index (χ4n) is 1.81. The zero-order chi connectivity index (χ0) is 15.2. The Kier molecular flexibility index (Phi) is 5.71. The second-order valence-corrected chi connectivity index (χ2v) is 6.77. The first-order chi connectivity index (χ1) is 10.0. The van der Waals surface area contributed by atoms with Gasteiger partial charge < -0.3 is 5.32 Å². The van der Waals surface area contributed by atoms with Gasteiger partial charge in [0, 0.05) is 16.5 Å². The number of thioether (sulfide) groups is 1. The first-order valence-corrected chi connectivity index (χ1v) is 8.06. The van der Waals surface area contributed by atoms with Crippen molar-refractivity contribution >= 4 is 29.3 Å². The molecule has 0 saturated heterocycles. The van der Waals surface area contributed by atoms with Crippen LogP contribution in [-0.4, -0.2) is 11.2 Å². The standard InChI is InChI=1S/C17H18ClNOS/c1-12-3-9-16(10-4-12)21-13(2)17(20)19-11-14-5-7-15(18)8-6-14/h3-10,13H,11H2,1-2H3,(H,19,20)/t13-/m1/s1. The second-order valence-electron chi connectivity index (χ2n) is 4.92. The van der Waals surface area contributed by atoms with E-state index in [9.17, 15) is 4.79 Å². The summed E-state index contributed by atoms with van der Waals surface area (Å²) >= 11 is 7.40. The highest BCUT2D eigenvalue weighted by Gasteiger charge is 2.13. The molecule has 0 fully saturated rings. The molecule has 0 spiro atoms. The molecule has 2 rings (SSSR count). The van der Waals surface area contributed by atoms with Crippen LogP contribution in [0, 0.1) is 6.92 Å². The van der Waals surface area contributed by atoms with Crippen LogP contribution in [0.25, 0.3) is 0 Å². The van der Waals surface area contributed by atoms with Crippen LogP contribution in [0.15, 0.2) is 53.4 Å². The first-order valence-electron chi connectivity index (χ1n) is 6.80. The number of nitrogens with one attached hydrogen (secondary N) is 1. The van der Waals surface area contributed by atoms with E-state index in [1.54, 1.807) is 11.8 Å². The Morgan fingerprint density at radius 1 is 1.14 bits per heavy atom. The van der Waals surface area contributed by atoms with Crippen molar-refractivity contribution in [2.24, 2.45) is 0 Å². The molecule has 1 N–H and O–H groups in total. The Balaban J connectivity index is 1.84. The van der Waals surface area contributed by atoms with Gasteiger partial charge in [0.2, 0.25) is 5.91 Å². The van der Waals surface area contributed by atoms with Gasteiger partial charge in [-0.25, -0.2) is 0 Å². The largest absolute Gasteiger partial charge is 0.351 e. The normalized spacial score (nSPS) is 12.0. The van der Waals surface area contributed by atoms with Crippen molar-refractivity contribution in [2.75, 3.05) is 0 Å². The lowest BCUT2D eigenvalue weighted by Gasteiger charge is -2.12. The predicted octanol–water partition coefficient (Wildman–Crippen LogP) is 4.45. The van der Waals surface area contributed by atoms with Gasteiger partial charge in [0.05, 0.1) is 5.25 Å². The molecule has 1 atom stereocenters. The van der Waals surface area contributed by atoms with Crippen molar-refractivity contribution < 1.29 is 4.79 Å². The molecule has 1 amide bonds. The molecule has 2 nitrogen and oxygen atoms in total. The van der Waals surface area contributed by atoms with Gasteiger partial charge in [0.15, 0.2) is 0 Å². The van der Waals surface area contributed by atoms with Gasteiger partial charge in [-0.3, -0.25) is 4.79 Å². The third-order valence-corrected chi connectivity index (χ3v) is 4.45. The third-order valence-electron chi connectivity index (χ3n) is 3.08. The van der Waals surface area contributed by atoms with Crippen molar-refractivity contribution in [3.8, 4) is 0 Å². The summed E-state index contributed by atoms with van der Waals surface area (Å²) in [5, 5.41) is 3.52. The first kappa shape index (κ1) is 15.9. The quantitative estimate of drug-likeness (QED) is 0.825. The Bertz CT molecular complexity index is 595. The van der Waals surface area contributed by atoms with Gasteiger partial charge in [0.1, 0.15) is 0 Å². The zero-order valence-electron chi connectivity index (χ0n) is 12.1. The number of aryl methyl sites for hydroxylation is 1. The average Bonchev–Trinajstić information content (AvgIpc) is 2.48. The molecule has 4 heteroatoms. The van der Waals surface area contributed by atoms with Crippen molar-refractivity contribution in [3.05, 3.63) is 64.7 Å². The van der Waals surface area contributed by atoms with Crippen LogP contribution in [-0.2, 0) is 11.3 Å². The van der Waals surface area contributed by atoms with Gasteiger partial charge in [-0.15, -0.1) is 11.8 Å². The Labute approximate surface area is 134 Å². The smallest absolute Gasteiger partial charge is 0.233 e. The summed E-state index contributed by atoms with van der Waals surface area (Å²) in [4.78, 5) is 13.2.